The first kappa shape index (κ1) is 17.7. The lowest BCUT2D eigenvalue weighted by Crippen LogP contribution is -2.35. The van der Waals surface area contributed by atoms with Crippen molar-refractivity contribution in [3.8, 4) is 0 Å². The first-order valence-electron chi connectivity index (χ1n) is 7.71. The van der Waals surface area contributed by atoms with Crippen molar-refractivity contribution in [2.24, 2.45) is 0 Å². The van der Waals surface area contributed by atoms with E-state index in [0.29, 0.717) is 27.5 Å². The molecule has 2 aromatic rings. The van der Waals surface area contributed by atoms with E-state index in [1.54, 1.807) is 37.1 Å². The molecule has 1 aromatic carbocycles. The van der Waals surface area contributed by atoms with E-state index in [2.05, 4.69) is 0 Å². The highest BCUT2D eigenvalue weighted by Crippen LogP contribution is 2.38. The minimum Gasteiger partial charge on any atom is -0.395 e. The summed E-state index contributed by atoms with van der Waals surface area (Å²) in [6, 6.07) is 8.79. The maximum absolute atomic E-state index is 13.1. The van der Waals surface area contributed by atoms with Crippen LogP contribution >= 0.6 is 22.9 Å². The van der Waals surface area contributed by atoms with Crippen molar-refractivity contribution in [3.05, 3.63) is 56.9 Å². The minimum absolute atomic E-state index is 0.116. The summed E-state index contributed by atoms with van der Waals surface area (Å²) in [6.45, 7) is 1.92. The fraction of sp³-hybridized carbons (Fsp3) is 0.222. The van der Waals surface area contributed by atoms with Crippen LogP contribution in [-0.2, 0) is 9.59 Å². The third-order valence-corrected chi connectivity index (χ3v) is 5.42. The highest BCUT2D eigenvalue weighted by molar-refractivity contribution is 7.11. The number of hydrogen-bond donors (Lipinski definition) is 1. The minimum atomic E-state index is -0.408. The Morgan fingerprint density at radius 3 is 2.60 bits per heavy atom. The summed E-state index contributed by atoms with van der Waals surface area (Å²) in [5.74, 6) is -0.785. The van der Waals surface area contributed by atoms with Crippen LogP contribution in [-0.4, -0.2) is 42.0 Å². The number of carbonyl (C=O) groups is 2. The Bertz CT molecular complexity index is 861. The molecule has 1 aromatic heterocycles. The summed E-state index contributed by atoms with van der Waals surface area (Å²) < 4.78 is 0. The number of thiophene rings is 1. The van der Waals surface area contributed by atoms with Crippen molar-refractivity contribution in [1.29, 1.82) is 0 Å². The molecule has 0 saturated heterocycles. The molecule has 2 amide bonds. The maximum atomic E-state index is 13.1. The van der Waals surface area contributed by atoms with Crippen molar-refractivity contribution < 1.29 is 14.7 Å². The van der Waals surface area contributed by atoms with E-state index >= 15 is 0 Å². The molecule has 2 heterocycles. The zero-order valence-corrected chi connectivity index (χ0v) is 15.4. The van der Waals surface area contributed by atoms with E-state index in [-0.39, 0.29) is 19.1 Å². The van der Waals surface area contributed by atoms with E-state index in [0.717, 1.165) is 4.88 Å². The van der Waals surface area contributed by atoms with Gasteiger partial charge >= 0.3 is 0 Å². The van der Waals surface area contributed by atoms with Crippen LogP contribution in [0, 0.1) is 6.92 Å². The molecule has 3 rings (SSSR count). The van der Waals surface area contributed by atoms with Gasteiger partial charge in [0.1, 0.15) is 5.70 Å². The monoisotopic (exact) mass is 376 g/mol. The standard InChI is InChI=1S/C18H17ClN2O3S/c1-11-12(19)5-3-6-13(11)21-17(23)15(14-7-4-10-25-14)16(18(21)24)20(2)8-9-22/h3-7,10,22H,8-9H2,1-2H3. The fourth-order valence-electron chi connectivity index (χ4n) is 2.83. The highest BCUT2D eigenvalue weighted by atomic mass is 35.5. The highest BCUT2D eigenvalue weighted by Gasteiger charge is 2.42. The van der Waals surface area contributed by atoms with Gasteiger partial charge in [-0.1, -0.05) is 23.7 Å². The zero-order valence-electron chi connectivity index (χ0n) is 13.8. The van der Waals surface area contributed by atoms with Crippen LogP contribution in [0.2, 0.25) is 5.02 Å². The number of hydrogen-bond acceptors (Lipinski definition) is 5. The molecule has 5 nitrogen and oxygen atoms in total. The van der Waals surface area contributed by atoms with Gasteiger partial charge in [0.25, 0.3) is 11.8 Å². The molecule has 0 bridgehead atoms. The molecule has 0 unspecified atom stereocenters. The number of likely N-dealkylation sites (N-methyl/N-ethyl adjacent to an activating group) is 1. The molecule has 0 saturated carbocycles. The molecular formula is C18H17ClN2O3S. The summed E-state index contributed by atoms with van der Waals surface area (Å²) in [7, 11) is 1.69. The zero-order chi connectivity index (χ0) is 18.1. The number of halogens is 1. The summed E-state index contributed by atoms with van der Waals surface area (Å²) in [4.78, 5) is 29.7. The normalized spacial score (nSPS) is 14.6. The lowest BCUT2D eigenvalue weighted by molar-refractivity contribution is -0.120. The molecule has 0 radical (unpaired) electrons. The average molecular weight is 377 g/mol. The first-order chi connectivity index (χ1) is 12.0. The van der Waals surface area contributed by atoms with E-state index in [9.17, 15) is 14.7 Å². The van der Waals surface area contributed by atoms with E-state index in [1.807, 2.05) is 17.5 Å². The van der Waals surface area contributed by atoms with Crippen molar-refractivity contribution in [3.63, 3.8) is 0 Å². The van der Waals surface area contributed by atoms with Gasteiger partial charge in [0.15, 0.2) is 0 Å². The van der Waals surface area contributed by atoms with Crippen LogP contribution in [0.1, 0.15) is 10.4 Å². The van der Waals surface area contributed by atoms with Crippen molar-refractivity contribution in [2.75, 3.05) is 25.1 Å². The fourth-order valence-corrected chi connectivity index (χ4v) is 3.77. The van der Waals surface area contributed by atoms with Crippen LogP contribution < -0.4 is 4.90 Å². The Balaban J connectivity index is 2.14. The van der Waals surface area contributed by atoms with Gasteiger partial charge in [0, 0.05) is 23.5 Å². The SMILES string of the molecule is Cc1c(Cl)cccc1N1C(=O)C(c2cccs2)=C(N(C)CCO)C1=O. The van der Waals surface area contributed by atoms with Crippen LogP contribution in [0.3, 0.4) is 0 Å². The van der Waals surface area contributed by atoms with Crippen LogP contribution in [0.4, 0.5) is 5.69 Å². The second kappa shape index (κ2) is 7.00. The lowest BCUT2D eigenvalue weighted by Gasteiger charge is -2.21. The molecule has 1 N–H and O–H groups in total. The van der Waals surface area contributed by atoms with Gasteiger partial charge in [-0.25, -0.2) is 4.90 Å². The average Bonchev–Trinajstić information content (AvgIpc) is 3.17. The summed E-state index contributed by atoms with van der Waals surface area (Å²) >= 11 is 7.56. The lowest BCUT2D eigenvalue weighted by atomic mass is 10.1. The van der Waals surface area contributed by atoms with Gasteiger partial charge in [-0.05, 0) is 36.1 Å². The van der Waals surface area contributed by atoms with Gasteiger partial charge in [0.05, 0.1) is 17.9 Å². The van der Waals surface area contributed by atoms with Gasteiger partial charge < -0.3 is 10.0 Å². The molecule has 0 spiro atoms. The quantitative estimate of drug-likeness (QED) is 0.815. The van der Waals surface area contributed by atoms with Crippen molar-refractivity contribution in [2.45, 2.75) is 6.92 Å². The third-order valence-electron chi connectivity index (χ3n) is 4.12. The second-order valence-electron chi connectivity index (χ2n) is 5.68. The molecule has 0 atom stereocenters. The smallest absolute Gasteiger partial charge is 0.282 e. The predicted molar refractivity (Wildman–Crippen MR) is 99.6 cm³/mol. The molecule has 1 aliphatic heterocycles. The number of benzene rings is 1. The van der Waals surface area contributed by atoms with Crippen LogP contribution in [0.25, 0.3) is 5.57 Å². The Hall–Kier alpha value is -2.15. The van der Waals surface area contributed by atoms with Crippen molar-refractivity contribution >= 4 is 46.0 Å². The molecule has 25 heavy (non-hydrogen) atoms. The van der Waals surface area contributed by atoms with Gasteiger partial charge in [-0.2, -0.15) is 0 Å². The Kier molecular flexibility index (Phi) is 4.94. The third kappa shape index (κ3) is 2.97. The van der Waals surface area contributed by atoms with Crippen LogP contribution in [0.15, 0.2) is 41.4 Å². The molecular weight excluding hydrogens is 360 g/mol. The Morgan fingerprint density at radius 2 is 1.96 bits per heavy atom. The van der Waals surface area contributed by atoms with Crippen molar-refractivity contribution in [1.82, 2.24) is 4.90 Å². The van der Waals surface area contributed by atoms with Crippen LogP contribution in [0.5, 0.6) is 0 Å². The van der Waals surface area contributed by atoms with Gasteiger partial charge in [-0.3, -0.25) is 9.59 Å². The number of anilines is 1. The molecule has 130 valence electrons. The predicted octanol–water partition coefficient (Wildman–Crippen LogP) is 2.92. The largest absolute Gasteiger partial charge is 0.395 e. The number of amides is 2. The summed E-state index contributed by atoms with van der Waals surface area (Å²) in [5.41, 5.74) is 1.79. The maximum Gasteiger partial charge on any atom is 0.282 e. The van der Waals surface area contributed by atoms with E-state index in [1.165, 1.54) is 16.2 Å². The number of aliphatic hydroxyl groups excluding tert-OH is 1. The Morgan fingerprint density at radius 1 is 1.20 bits per heavy atom. The van der Waals surface area contributed by atoms with E-state index < -0.39 is 5.91 Å². The van der Waals surface area contributed by atoms with Gasteiger partial charge in [0.2, 0.25) is 0 Å². The molecule has 0 aliphatic carbocycles. The summed E-state index contributed by atoms with van der Waals surface area (Å²) in [6.07, 6.45) is 0. The van der Waals surface area contributed by atoms with E-state index in [4.69, 9.17) is 11.6 Å². The first-order valence-corrected chi connectivity index (χ1v) is 8.97. The molecule has 1 aliphatic rings. The number of carbonyl (C=O) groups excluding carboxylic acids is 2. The second-order valence-corrected chi connectivity index (χ2v) is 7.03. The number of imide groups is 1. The number of aliphatic hydroxyl groups is 1. The van der Waals surface area contributed by atoms with Gasteiger partial charge in [-0.15, -0.1) is 11.3 Å². The molecule has 7 heteroatoms. The molecule has 0 fully saturated rings. The summed E-state index contributed by atoms with van der Waals surface area (Å²) in [5, 5.41) is 11.6. The topological polar surface area (TPSA) is 60.9 Å². The number of nitrogens with zero attached hydrogens (tertiary/aromatic N) is 2. The number of rotatable bonds is 5. The Labute approximate surface area is 154 Å².